The molecule has 3 saturated heterocycles. The van der Waals surface area contributed by atoms with Crippen molar-refractivity contribution >= 4 is 45.4 Å². The summed E-state index contributed by atoms with van der Waals surface area (Å²) in [6, 6.07) is 9.29. The smallest absolute Gasteiger partial charge is 0.247 e. The number of halogens is 1. The molecular weight excluding hydrogens is 626 g/mol. The summed E-state index contributed by atoms with van der Waals surface area (Å²) in [7, 11) is 0. The minimum absolute atomic E-state index is 0.0182. The van der Waals surface area contributed by atoms with E-state index in [9.17, 15) is 19.5 Å². The van der Waals surface area contributed by atoms with Crippen molar-refractivity contribution in [2.45, 2.75) is 85.7 Å². The molecule has 3 unspecified atom stereocenters. The van der Waals surface area contributed by atoms with Crippen LogP contribution in [-0.4, -0.2) is 91.2 Å². The highest BCUT2D eigenvalue weighted by Gasteiger charge is 2.75. The van der Waals surface area contributed by atoms with Crippen LogP contribution >= 0.6 is 27.7 Å². The zero-order valence-electron chi connectivity index (χ0n) is 25.5. The first-order chi connectivity index (χ1) is 20.8. The van der Waals surface area contributed by atoms with Gasteiger partial charge < -0.3 is 19.8 Å². The predicted molar refractivity (Wildman–Crippen MR) is 178 cm³/mol. The number of hydrogen-bond donors (Lipinski definition) is 1. The molecule has 0 radical (unpaired) electrons. The van der Waals surface area contributed by atoms with Gasteiger partial charge in [0.2, 0.25) is 17.7 Å². The second-order valence-electron chi connectivity index (χ2n) is 12.1. The van der Waals surface area contributed by atoms with E-state index in [1.54, 1.807) is 23.9 Å². The van der Waals surface area contributed by atoms with E-state index in [4.69, 9.17) is 0 Å². The Balaban J connectivity index is 1.68. The average molecular weight is 675 g/mol. The number of amides is 3. The summed E-state index contributed by atoms with van der Waals surface area (Å²) >= 11 is 5.60. The van der Waals surface area contributed by atoms with Crippen LogP contribution in [0.3, 0.4) is 0 Å². The molecule has 1 N–H and O–H groups in total. The maximum atomic E-state index is 14.5. The van der Waals surface area contributed by atoms with Crippen LogP contribution in [0, 0.1) is 11.8 Å². The van der Waals surface area contributed by atoms with Crippen LogP contribution in [0.25, 0.3) is 0 Å². The molecular formula is C34H48BrN3O4S. The van der Waals surface area contributed by atoms with Crippen molar-refractivity contribution < 1.29 is 19.5 Å². The van der Waals surface area contributed by atoms with Gasteiger partial charge in [-0.3, -0.25) is 14.4 Å². The van der Waals surface area contributed by atoms with Gasteiger partial charge in [-0.05, 0) is 31.2 Å². The van der Waals surface area contributed by atoms with Gasteiger partial charge in [0.15, 0.2) is 0 Å². The largest absolute Gasteiger partial charge is 0.396 e. The zero-order chi connectivity index (χ0) is 31.0. The molecule has 3 heterocycles. The molecule has 1 spiro atoms. The number of likely N-dealkylation sites (tertiary alicyclic amines) is 1. The average Bonchev–Trinajstić information content (AvgIpc) is 3.59. The second-order valence-corrected chi connectivity index (χ2v) is 14.8. The van der Waals surface area contributed by atoms with Gasteiger partial charge in [0.05, 0.1) is 16.6 Å². The lowest BCUT2D eigenvalue weighted by Crippen LogP contribution is -2.56. The maximum Gasteiger partial charge on any atom is 0.247 e. The van der Waals surface area contributed by atoms with Crippen molar-refractivity contribution in [3.63, 3.8) is 0 Å². The van der Waals surface area contributed by atoms with E-state index in [0.717, 1.165) is 50.5 Å². The maximum absolute atomic E-state index is 14.5. The van der Waals surface area contributed by atoms with Crippen LogP contribution in [0.2, 0.25) is 0 Å². The number of carbonyl (C=O) groups excluding carboxylic acids is 3. The quantitative estimate of drug-likeness (QED) is 0.128. The summed E-state index contributed by atoms with van der Waals surface area (Å²) in [5.74, 6) is -1.16. The Morgan fingerprint density at radius 3 is 2.42 bits per heavy atom. The molecule has 0 saturated carbocycles. The second kappa shape index (κ2) is 15.8. The van der Waals surface area contributed by atoms with Crippen LogP contribution < -0.4 is 0 Å². The van der Waals surface area contributed by atoms with Gasteiger partial charge in [0, 0.05) is 49.4 Å². The van der Waals surface area contributed by atoms with E-state index in [1.165, 1.54) is 0 Å². The molecule has 9 heteroatoms. The number of hydrogen-bond acceptors (Lipinski definition) is 5. The fraction of sp³-hybridized carbons (Fsp3) is 0.618. The lowest BCUT2D eigenvalue weighted by atomic mass is 9.70. The van der Waals surface area contributed by atoms with Crippen LogP contribution in [0.1, 0.15) is 63.9 Å². The number of rotatable bonds is 18. The van der Waals surface area contributed by atoms with Crippen molar-refractivity contribution in [1.82, 2.24) is 14.7 Å². The number of aliphatic hydroxyl groups excluding tert-OH is 1. The van der Waals surface area contributed by atoms with Crippen molar-refractivity contribution in [2.75, 3.05) is 32.8 Å². The summed E-state index contributed by atoms with van der Waals surface area (Å²) in [4.78, 5) is 49.0. The summed E-state index contributed by atoms with van der Waals surface area (Å²) < 4.78 is -0.658. The molecule has 3 amide bonds. The molecule has 0 aliphatic carbocycles. The Hall–Kier alpha value is -2.10. The van der Waals surface area contributed by atoms with Gasteiger partial charge >= 0.3 is 0 Å². The number of carbonyl (C=O) groups is 3. The number of unbranched alkanes of at least 4 members (excludes halogenated alkanes) is 5. The van der Waals surface area contributed by atoms with Crippen LogP contribution in [0.4, 0.5) is 0 Å². The highest BCUT2D eigenvalue weighted by Crippen LogP contribution is 2.68. The summed E-state index contributed by atoms with van der Waals surface area (Å²) in [6.07, 6.45) is 10.4. The van der Waals surface area contributed by atoms with E-state index in [0.29, 0.717) is 39.1 Å². The van der Waals surface area contributed by atoms with E-state index in [1.807, 2.05) is 45.0 Å². The topological polar surface area (TPSA) is 81.2 Å². The van der Waals surface area contributed by atoms with Crippen LogP contribution in [-0.2, 0) is 20.9 Å². The fourth-order valence-corrected chi connectivity index (χ4v) is 10.9. The minimum Gasteiger partial charge on any atom is -0.396 e. The molecule has 3 fully saturated rings. The van der Waals surface area contributed by atoms with E-state index in [-0.39, 0.29) is 34.4 Å². The van der Waals surface area contributed by atoms with Crippen molar-refractivity contribution in [1.29, 1.82) is 0 Å². The Bertz CT molecular complexity index is 1140. The Morgan fingerprint density at radius 2 is 1.74 bits per heavy atom. The normalized spacial score (nSPS) is 27.3. The highest BCUT2D eigenvalue weighted by molar-refractivity contribution is 9.09. The van der Waals surface area contributed by atoms with Gasteiger partial charge in [-0.2, -0.15) is 0 Å². The molecule has 3 aliphatic heterocycles. The van der Waals surface area contributed by atoms with Crippen LogP contribution in [0.5, 0.6) is 0 Å². The third kappa shape index (κ3) is 7.09. The lowest BCUT2D eigenvalue weighted by molar-refractivity contribution is -0.145. The molecule has 3 aliphatic rings. The number of thioether (sulfide) groups is 1. The molecule has 7 nitrogen and oxygen atoms in total. The third-order valence-corrected chi connectivity index (χ3v) is 12.4. The summed E-state index contributed by atoms with van der Waals surface area (Å²) in [5, 5.41) is 9.14. The number of benzene rings is 1. The lowest BCUT2D eigenvalue weighted by Gasteiger charge is -2.38. The molecule has 0 aromatic heterocycles. The Morgan fingerprint density at radius 1 is 1.05 bits per heavy atom. The van der Waals surface area contributed by atoms with E-state index in [2.05, 4.69) is 36.0 Å². The Labute approximate surface area is 270 Å². The Kier molecular flexibility index (Phi) is 12.4. The van der Waals surface area contributed by atoms with Gasteiger partial charge in [-0.15, -0.1) is 24.9 Å². The third-order valence-electron chi connectivity index (χ3n) is 9.19. The zero-order valence-corrected chi connectivity index (χ0v) is 27.9. The molecule has 6 atom stereocenters. The molecule has 2 bridgehead atoms. The first kappa shape index (κ1) is 33.8. The number of aliphatic hydroxyl groups is 1. The first-order valence-corrected chi connectivity index (χ1v) is 17.7. The summed E-state index contributed by atoms with van der Waals surface area (Å²) in [6.45, 7) is 12.5. The predicted octanol–water partition coefficient (Wildman–Crippen LogP) is 5.42. The highest BCUT2D eigenvalue weighted by atomic mass is 79.9. The number of nitrogens with zero attached hydrogens (tertiary/aromatic N) is 3. The monoisotopic (exact) mass is 673 g/mol. The first-order valence-electron chi connectivity index (χ1n) is 15.9. The summed E-state index contributed by atoms with van der Waals surface area (Å²) in [5.41, 5.74) is 1.03. The molecule has 236 valence electrons. The van der Waals surface area contributed by atoms with Crippen molar-refractivity contribution in [2.24, 2.45) is 11.8 Å². The van der Waals surface area contributed by atoms with Crippen molar-refractivity contribution in [3.05, 3.63) is 61.2 Å². The molecule has 1 aromatic rings. The van der Waals surface area contributed by atoms with E-state index < -0.39 is 22.6 Å². The van der Waals surface area contributed by atoms with Gasteiger partial charge in [-0.1, -0.05) is 91.0 Å². The molecule has 43 heavy (non-hydrogen) atoms. The van der Waals surface area contributed by atoms with Gasteiger partial charge in [0.25, 0.3) is 0 Å². The number of alkyl halides is 1. The minimum atomic E-state index is -0.658. The fourth-order valence-electron chi connectivity index (χ4n) is 7.25. The standard InChI is InChI=1S/C34H48BrN3O4S/c1-4-7-13-20-36(18-5-2)33(42)30-34-23-26(35)29(43-34)27(28(34)32(41)38(30)21-14-8-9-15-22-39)31(40)37(19-6-3)24-25-16-11-10-12-17-25/h5-6,10-12,16-17,26-30,39H,2-4,7-9,13-15,18-24H2,1H3/t26?,27-,28+,29-,30?,34?/m1/s1. The molecule has 1 aromatic carbocycles. The van der Waals surface area contributed by atoms with E-state index >= 15 is 0 Å². The number of fused-ring (bicyclic) bond motifs is 1. The van der Waals surface area contributed by atoms with Gasteiger partial charge in [-0.25, -0.2) is 0 Å². The van der Waals surface area contributed by atoms with Crippen molar-refractivity contribution in [3.8, 4) is 0 Å². The SMILES string of the molecule is C=CCN(CCCCC)C(=O)C1N(CCCCCCO)C(=O)[C@@H]2[C@@H](C(=O)N(CC=C)Cc3ccccc3)[C@@H]3SC12CC3Br. The molecule has 4 rings (SSSR count). The van der Waals surface area contributed by atoms with Crippen LogP contribution in [0.15, 0.2) is 55.6 Å². The van der Waals surface area contributed by atoms with Gasteiger partial charge in [0.1, 0.15) is 6.04 Å².